The minimum atomic E-state index is -0.131. The molecule has 2 heterocycles. The van der Waals surface area contributed by atoms with Gasteiger partial charge in [-0.25, -0.2) is 4.79 Å². The van der Waals surface area contributed by atoms with Crippen LogP contribution in [0.5, 0.6) is 0 Å². The van der Waals surface area contributed by atoms with Gasteiger partial charge in [-0.1, -0.05) is 19.1 Å². The number of carbonyl (C=O) groups excluding carboxylic acids is 2. The quantitative estimate of drug-likeness (QED) is 0.943. The Morgan fingerprint density at radius 1 is 1.08 bits per heavy atom. The van der Waals surface area contributed by atoms with Crippen LogP contribution in [0.15, 0.2) is 47.1 Å². The molecule has 1 aliphatic rings. The molecule has 1 aromatic carbocycles. The standard InChI is InChI=1S/C18H21N3O3/c1-2-14-5-3-6-15(13-14)19-18(23)21-10-8-20(9-11-21)17(22)16-7-4-12-24-16/h3-7,12-13H,2,8-11H2,1H3,(H,19,23). The highest BCUT2D eigenvalue weighted by molar-refractivity contribution is 5.92. The normalized spacial score (nSPS) is 14.5. The van der Waals surface area contributed by atoms with Crippen molar-refractivity contribution in [2.75, 3.05) is 31.5 Å². The molecule has 1 saturated heterocycles. The number of nitrogens with one attached hydrogen (secondary N) is 1. The summed E-state index contributed by atoms with van der Waals surface area (Å²) in [5.74, 6) is 0.208. The van der Waals surface area contributed by atoms with Crippen LogP contribution in [0.1, 0.15) is 23.0 Å². The molecule has 126 valence electrons. The van der Waals surface area contributed by atoms with Crippen LogP contribution in [0.4, 0.5) is 10.5 Å². The SMILES string of the molecule is CCc1cccc(NC(=O)N2CCN(C(=O)c3ccco3)CC2)c1. The van der Waals surface area contributed by atoms with Gasteiger partial charge in [-0.2, -0.15) is 0 Å². The van der Waals surface area contributed by atoms with Crippen LogP contribution in [0.2, 0.25) is 0 Å². The molecule has 6 nitrogen and oxygen atoms in total. The molecule has 2 aromatic rings. The Morgan fingerprint density at radius 2 is 1.83 bits per heavy atom. The molecule has 0 spiro atoms. The van der Waals surface area contributed by atoms with E-state index in [9.17, 15) is 9.59 Å². The number of nitrogens with zero attached hydrogens (tertiary/aromatic N) is 2. The average molecular weight is 327 g/mol. The lowest BCUT2D eigenvalue weighted by Crippen LogP contribution is -2.51. The fourth-order valence-corrected chi connectivity index (χ4v) is 2.74. The second-order valence-electron chi connectivity index (χ2n) is 5.74. The molecule has 0 bridgehead atoms. The molecular weight excluding hydrogens is 306 g/mol. The maximum absolute atomic E-state index is 12.4. The van der Waals surface area contributed by atoms with Gasteiger partial charge in [0.2, 0.25) is 0 Å². The summed E-state index contributed by atoms with van der Waals surface area (Å²) in [4.78, 5) is 28.0. The number of carbonyl (C=O) groups is 2. The zero-order valence-electron chi connectivity index (χ0n) is 13.7. The minimum Gasteiger partial charge on any atom is -0.459 e. The Hall–Kier alpha value is -2.76. The van der Waals surface area contributed by atoms with Crippen LogP contribution in [0.3, 0.4) is 0 Å². The van der Waals surface area contributed by atoms with Gasteiger partial charge in [0.15, 0.2) is 5.76 Å². The fraction of sp³-hybridized carbons (Fsp3) is 0.333. The zero-order valence-corrected chi connectivity index (χ0v) is 13.7. The summed E-state index contributed by atoms with van der Waals surface area (Å²) in [5.41, 5.74) is 1.98. The number of rotatable bonds is 3. The van der Waals surface area contributed by atoms with Gasteiger partial charge in [-0.3, -0.25) is 4.79 Å². The van der Waals surface area contributed by atoms with E-state index in [1.165, 1.54) is 11.8 Å². The molecule has 3 amide bonds. The Bertz CT molecular complexity index is 704. The maximum atomic E-state index is 12.4. The summed E-state index contributed by atoms with van der Waals surface area (Å²) in [7, 11) is 0. The van der Waals surface area contributed by atoms with Crippen molar-refractivity contribution in [3.8, 4) is 0 Å². The Labute approximate surface area is 141 Å². The van der Waals surface area contributed by atoms with E-state index in [2.05, 4.69) is 12.2 Å². The summed E-state index contributed by atoms with van der Waals surface area (Å²) in [6.45, 7) is 4.09. The van der Waals surface area contributed by atoms with Gasteiger partial charge in [0.05, 0.1) is 6.26 Å². The van der Waals surface area contributed by atoms with Gasteiger partial charge < -0.3 is 19.5 Å². The highest BCUT2D eigenvalue weighted by Crippen LogP contribution is 2.14. The van der Waals surface area contributed by atoms with Crippen LogP contribution >= 0.6 is 0 Å². The molecule has 1 aliphatic heterocycles. The first kappa shape index (κ1) is 16.1. The van der Waals surface area contributed by atoms with E-state index in [0.717, 1.165) is 12.1 Å². The van der Waals surface area contributed by atoms with E-state index in [1.807, 2.05) is 24.3 Å². The van der Waals surface area contributed by atoms with E-state index in [0.29, 0.717) is 31.9 Å². The third-order valence-electron chi connectivity index (χ3n) is 4.17. The number of piperazine rings is 1. The number of benzene rings is 1. The highest BCUT2D eigenvalue weighted by atomic mass is 16.3. The van der Waals surface area contributed by atoms with Gasteiger partial charge in [0.25, 0.3) is 5.91 Å². The molecule has 1 fully saturated rings. The van der Waals surface area contributed by atoms with Crippen molar-refractivity contribution in [3.63, 3.8) is 0 Å². The predicted octanol–water partition coefficient (Wildman–Crippen LogP) is 2.83. The van der Waals surface area contributed by atoms with E-state index in [1.54, 1.807) is 21.9 Å². The van der Waals surface area contributed by atoms with Crippen LogP contribution in [-0.4, -0.2) is 47.9 Å². The van der Waals surface area contributed by atoms with Crippen molar-refractivity contribution in [1.82, 2.24) is 9.80 Å². The topological polar surface area (TPSA) is 65.8 Å². The van der Waals surface area contributed by atoms with Crippen molar-refractivity contribution in [3.05, 3.63) is 54.0 Å². The molecule has 0 saturated carbocycles. The fourth-order valence-electron chi connectivity index (χ4n) is 2.74. The van der Waals surface area contributed by atoms with Gasteiger partial charge in [-0.05, 0) is 36.2 Å². The van der Waals surface area contributed by atoms with E-state index < -0.39 is 0 Å². The van der Waals surface area contributed by atoms with Crippen LogP contribution in [-0.2, 0) is 6.42 Å². The lowest BCUT2D eigenvalue weighted by atomic mass is 10.1. The Kier molecular flexibility index (Phi) is 4.84. The summed E-state index contributed by atoms with van der Waals surface area (Å²) >= 11 is 0. The van der Waals surface area contributed by atoms with Crippen molar-refractivity contribution in [2.45, 2.75) is 13.3 Å². The van der Waals surface area contributed by atoms with Crippen LogP contribution < -0.4 is 5.32 Å². The first-order valence-electron chi connectivity index (χ1n) is 8.15. The van der Waals surface area contributed by atoms with Crippen molar-refractivity contribution < 1.29 is 14.0 Å². The van der Waals surface area contributed by atoms with Gasteiger partial charge >= 0.3 is 6.03 Å². The number of amides is 3. The molecule has 0 aliphatic carbocycles. The van der Waals surface area contributed by atoms with E-state index >= 15 is 0 Å². The van der Waals surface area contributed by atoms with Crippen LogP contribution in [0, 0.1) is 0 Å². The third-order valence-corrected chi connectivity index (χ3v) is 4.17. The first-order valence-corrected chi connectivity index (χ1v) is 8.15. The van der Waals surface area contributed by atoms with Gasteiger partial charge in [0.1, 0.15) is 0 Å². The first-order chi connectivity index (χ1) is 11.7. The molecule has 0 unspecified atom stereocenters. The number of anilines is 1. The van der Waals surface area contributed by atoms with Gasteiger partial charge in [0, 0.05) is 31.9 Å². The molecule has 1 aromatic heterocycles. The zero-order chi connectivity index (χ0) is 16.9. The minimum absolute atomic E-state index is 0.129. The molecule has 0 atom stereocenters. The lowest BCUT2D eigenvalue weighted by molar-refractivity contribution is 0.0640. The van der Waals surface area contributed by atoms with Crippen molar-refractivity contribution in [2.24, 2.45) is 0 Å². The summed E-state index contributed by atoms with van der Waals surface area (Å²) < 4.78 is 5.14. The van der Waals surface area contributed by atoms with E-state index in [4.69, 9.17) is 4.42 Å². The van der Waals surface area contributed by atoms with Crippen LogP contribution in [0.25, 0.3) is 0 Å². The Balaban J connectivity index is 1.54. The third kappa shape index (κ3) is 3.59. The van der Waals surface area contributed by atoms with Crippen molar-refractivity contribution >= 4 is 17.6 Å². The summed E-state index contributed by atoms with van der Waals surface area (Å²) in [5, 5.41) is 2.92. The molecule has 3 rings (SSSR count). The summed E-state index contributed by atoms with van der Waals surface area (Å²) in [6.07, 6.45) is 2.42. The summed E-state index contributed by atoms with van der Waals surface area (Å²) in [6, 6.07) is 11.1. The number of furan rings is 1. The molecule has 0 radical (unpaired) electrons. The molecule has 1 N–H and O–H groups in total. The number of aryl methyl sites for hydroxylation is 1. The maximum Gasteiger partial charge on any atom is 0.321 e. The predicted molar refractivity (Wildman–Crippen MR) is 91.0 cm³/mol. The van der Waals surface area contributed by atoms with Crippen molar-refractivity contribution in [1.29, 1.82) is 0 Å². The van der Waals surface area contributed by atoms with E-state index in [-0.39, 0.29) is 11.9 Å². The number of hydrogen-bond acceptors (Lipinski definition) is 3. The lowest BCUT2D eigenvalue weighted by Gasteiger charge is -2.34. The second kappa shape index (κ2) is 7.21. The highest BCUT2D eigenvalue weighted by Gasteiger charge is 2.26. The van der Waals surface area contributed by atoms with Gasteiger partial charge in [-0.15, -0.1) is 0 Å². The molecule has 24 heavy (non-hydrogen) atoms. The molecule has 6 heteroatoms. The number of urea groups is 1. The second-order valence-corrected chi connectivity index (χ2v) is 5.74. The number of hydrogen-bond donors (Lipinski definition) is 1. The average Bonchev–Trinajstić information content (AvgIpc) is 3.16. The largest absolute Gasteiger partial charge is 0.459 e. The Morgan fingerprint density at radius 3 is 2.50 bits per heavy atom. The monoisotopic (exact) mass is 327 g/mol. The smallest absolute Gasteiger partial charge is 0.321 e. The molecular formula is C18H21N3O3.